The van der Waals surface area contributed by atoms with Gasteiger partial charge in [0.15, 0.2) is 0 Å². The second kappa shape index (κ2) is 9.86. The van der Waals surface area contributed by atoms with Gasteiger partial charge in [-0.25, -0.2) is 0 Å². The molecule has 2 heteroatoms. The van der Waals surface area contributed by atoms with Gasteiger partial charge in [-0.2, -0.15) is 0 Å². The number of fused-ring (bicyclic) bond motifs is 6. The molecule has 7 aromatic carbocycles. The van der Waals surface area contributed by atoms with Gasteiger partial charge in [-0.3, -0.25) is 0 Å². The van der Waals surface area contributed by atoms with Crippen LogP contribution in [0.15, 0.2) is 168 Å². The summed E-state index contributed by atoms with van der Waals surface area (Å²) in [5, 5.41) is 4.81. The van der Waals surface area contributed by atoms with Crippen molar-refractivity contribution < 1.29 is 4.42 Å². The number of aromatic nitrogens is 1. The van der Waals surface area contributed by atoms with Crippen LogP contribution in [0, 0.1) is 0 Å². The van der Waals surface area contributed by atoms with Crippen LogP contribution in [0.4, 0.5) is 0 Å². The molecule has 0 atom stereocenters. The van der Waals surface area contributed by atoms with Crippen LogP contribution in [-0.2, 0) is 0 Å². The molecule has 0 saturated heterocycles. The molecular formula is C42H27NO. The Morgan fingerprint density at radius 3 is 1.80 bits per heavy atom. The molecule has 9 rings (SSSR count). The van der Waals surface area contributed by atoms with Gasteiger partial charge in [0, 0.05) is 32.8 Å². The maximum atomic E-state index is 6.31. The molecule has 206 valence electrons. The third-order valence-electron chi connectivity index (χ3n) is 8.84. The highest BCUT2D eigenvalue weighted by Gasteiger charge is 2.15. The largest absolute Gasteiger partial charge is 0.455 e. The van der Waals surface area contributed by atoms with Crippen LogP contribution in [-0.4, -0.2) is 4.57 Å². The van der Waals surface area contributed by atoms with Crippen LogP contribution in [0.1, 0.15) is 0 Å². The smallest absolute Gasteiger partial charge is 0.143 e. The molecule has 0 bridgehead atoms. The van der Waals surface area contributed by atoms with E-state index >= 15 is 0 Å². The lowest BCUT2D eigenvalue weighted by atomic mass is 9.98. The normalized spacial score (nSPS) is 11.6. The summed E-state index contributed by atoms with van der Waals surface area (Å²) in [5.41, 5.74) is 12.5. The van der Waals surface area contributed by atoms with E-state index in [1.165, 1.54) is 44.1 Å². The van der Waals surface area contributed by atoms with Gasteiger partial charge in [0.25, 0.3) is 0 Å². The predicted molar refractivity (Wildman–Crippen MR) is 184 cm³/mol. The topological polar surface area (TPSA) is 18.1 Å². The molecule has 2 aromatic heterocycles. The molecule has 0 fully saturated rings. The van der Waals surface area contributed by atoms with Gasteiger partial charge in [-0.1, -0.05) is 127 Å². The number of para-hydroxylation sites is 3. The van der Waals surface area contributed by atoms with Crippen molar-refractivity contribution in [1.82, 2.24) is 4.57 Å². The van der Waals surface area contributed by atoms with Crippen molar-refractivity contribution in [1.29, 1.82) is 0 Å². The standard InChI is InChI=1S/C42H27NO/c1-2-9-28(10-3-1)29-21-24-33(25-22-29)43-39-15-6-4-11-35(39)38-27-32(23-26-40(38)43)30-17-19-31(20-18-30)34-13-8-14-37-36-12-5-7-16-41(36)44-42(34)37/h1-27H. The van der Waals surface area contributed by atoms with Crippen LogP contribution in [0.25, 0.3) is 82.8 Å². The Bertz CT molecular complexity index is 2460. The van der Waals surface area contributed by atoms with Crippen molar-refractivity contribution >= 4 is 43.7 Å². The van der Waals surface area contributed by atoms with E-state index in [0.717, 1.165) is 38.8 Å². The summed E-state index contributed by atoms with van der Waals surface area (Å²) in [4.78, 5) is 0. The zero-order chi connectivity index (χ0) is 29.0. The quantitative estimate of drug-likeness (QED) is 0.209. The average molecular weight is 562 g/mol. The molecular weight excluding hydrogens is 534 g/mol. The van der Waals surface area contributed by atoms with Crippen molar-refractivity contribution in [2.45, 2.75) is 0 Å². The van der Waals surface area contributed by atoms with Crippen LogP contribution in [0.3, 0.4) is 0 Å². The van der Waals surface area contributed by atoms with E-state index in [-0.39, 0.29) is 0 Å². The van der Waals surface area contributed by atoms with Crippen LogP contribution in [0.5, 0.6) is 0 Å². The summed E-state index contributed by atoms with van der Waals surface area (Å²) in [7, 11) is 0. The molecule has 44 heavy (non-hydrogen) atoms. The number of nitrogens with zero attached hydrogens (tertiary/aromatic N) is 1. The molecule has 0 aliphatic carbocycles. The van der Waals surface area contributed by atoms with Gasteiger partial charge >= 0.3 is 0 Å². The van der Waals surface area contributed by atoms with E-state index in [1.54, 1.807) is 0 Å². The van der Waals surface area contributed by atoms with Gasteiger partial charge in [0.2, 0.25) is 0 Å². The van der Waals surface area contributed by atoms with E-state index in [4.69, 9.17) is 4.42 Å². The van der Waals surface area contributed by atoms with Crippen LogP contribution in [0.2, 0.25) is 0 Å². The first kappa shape index (κ1) is 24.7. The minimum Gasteiger partial charge on any atom is -0.455 e. The molecule has 2 nitrogen and oxygen atoms in total. The lowest BCUT2D eigenvalue weighted by molar-refractivity contribution is 0.670. The van der Waals surface area contributed by atoms with Crippen molar-refractivity contribution in [3.8, 4) is 39.1 Å². The fourth-order valence-electron chi connectivity index (χ4n) is 6.68. The van der Waals surface area contributed by atoms with Crippen molar-refractivity contribution in [3.63, 3.8) is 0 Å². The molecule has 0 N–H and O–H groups in total. The first-order chi connectivity index (χ1) is 21.8. The molecule has 2 heterocycles. The van der Waals surface area contributed by atoms with Crippen molar-refractivity contribution in [2.24, 2.45) is 0 Å². The van der Waals surface area contributed by atoms with Crippen LogP contribution >= 0.6 is 0 Å². The van der Waals surface area contributed by atoms with Gasteiger partial charge in [-0.15, -0.1) is 0 Å². The highest BCUT2D eigenvalue weighted by Crippen LogP contribution is 2.38. The Balaban J connectivity index is 1.12. The minimum absolute atomic E-state index is 0.922. The fourth-order valence-corrected chi connectivity index (χ4v) is 6.68. The number of benzene rings is 7. The Labute approximate surface area is 255 Å². The number of hydrogen-bond donors (Lipinski definition) is 0. The minimum atomic E-state index is 0.922. The molecule has 0 spiro atoms. The summed E-state index contributed by atoms with van der Waals surface area (Å²) in [5.74, 6) is 0. The van der Waals surface area contributed by atoms with Crippen molar-refractivity contribution in [2.75, 3.05) is 0 Å². The van der Waals surface area contributed by atoms with E-state index in [2.05, 4.69) is 156 Å². The molecule has 9 aromatic rings. The molecule has 0 unspecified atom stereocenters. The molecule has 0 saturated carbocycles. The van der Waals surface area contributed by atoms with E-state index in [9.17, 15) is 0 Å². The highest BCUT2D eigenvalue weighted by atomic mass is 16.3. The van der Waals surface area contributed by atoms with Gasteiger partial charge in [0.05, 0.1) is 11.0 Å². The highest BCUT2D eigenvalue weighted by molar-refractivity contribution is 6.11. The van der Waals surface area contributed by atoms with E-state index < -0.39 is 0 Å². The van der Waals surface area contributed by atoms with Gasteiger partial charge in [-0.05, 0) is 64.2 Å². The molecule has 0 radical (unpaired) electrons. The zero-order valence-electron chi connectivity index (χ0n) is 23.9. The molecule has 0 amide bonds. The maximum Gasteiger partial charge on any atom is 0.143 e. The first-order valence-electron chi connectivity index (χ1n) is 15.0. The second-order valence-electron chi connectivity index (χ2n) is 11.4. The molecule has 0 aliphatic rings. The summed E-state index contributed by atoms with van der Waals surface area (Å²) in [6.07, 6.45) is 0. The van der Waals surface area contributed by atoms with Crippen LogP contribution < -0.4 is 0 Å². The van der Waals surface area contributed by atoms with Gasteiger partial charge < -0.3 is 8.98 Å². The maximum absolute atomic E-state index is 6.31. The number of rotatable bonds is 4. The Hall–Kier alpha value is -5.86. The lowest BCUT2D eigenvalue weighted by Gasteiger charge is -2.10. The third-order valence-corrected chi connectivity index (χ3v) is 8.84. The average Bonchev–Trinajstić information content (AvgIpc) is 3.64. The summed E-state index contributed by atoms with van der Waals surface area (Å²) >= 11 is 0. The number of hydrogen-bond acceptors (Lipinski definition) is 1. The first-order valence-corrected chi connectivity index (χ1v) is 15.0. The monoisotopic (exact) mass is 561 g/mol. The summed E-state index contributed by atoms with van der Waals surface area (Å²) in [6, 6.07) is 58.5. The van der Waals surface area contributed by atoms with E-state index in [1.807, 2.05) is 12.1 Å². The van der Waals surface area contributed by atoms with E-state index in [0.29, 0.717) is 0 Å². The van der Waals surface area contributed by atoms with Crippen molar-refractivity contribution in [3.05, 3.63) is 164 Å². The Kier molecular flexibility index (Phi) is 5.54. The SMILES string of the molecule is c1ccc(-c2ccc(-n3c4ccccc4c4cc(-c5ccc(-c6cccc7c6oc6ccccc67)cc5)ccc43)cc2)cc1. The van der Waals surface area contributed by atoms with Gasteiger partial charge in [0.1, 0.15) is 11.2 Å². The zero-order valence-corrected chi connectivity index (χ0v) is 23.9. The predicted octanol–water partition coefficient (Wildman–Crippen LogP) is 11.7. The summed E-state index contributed by atoms with van der Waals surface area (Å²) in [6.45, 7) is 0. The lowest BCUT2D eigenvalue weighted by Crippen LogP contribution is -1.93. The fraction of sp³-hybridized carbons (Fsp3) is 0. The third kappa shape index (κ3) is 3.89. The second-order valence-corrected chi connectivity index (χ2v) is 11.4. The molecule has 0 aliphatic heterocycles. The number of furan rings is 1. The Morgan fingerprint density at radius 2 is 0.955 bits per heavy atom. The Morgan fingerprint density at radius 1 is 0.364 bits per heavy atom. The summed E-state index contributed by atoms with van der Waals surface area (Å²) < 4.78 is 8.68.